The molecule has 2 aromatic rings. The normalized spacial score (nSPS) is 18.6. The SMILES string of the molecule is COc1cccc(C(=O)N2CCC3(CC2)CC(=O)N(C)c2cc(C)nn23)c1. The van der Waals surface area contributed by atoms with Gasteiger partial charge in [0.2, 0.25) is 5.91 Å². The third-order valence-electron chi connectivity index (χ3n) is 5.76. The summed E-state index contributed by atoms with van der Waals surface area (Å²) in [4.78, 5) is 29.0. The van der Waals surface area contributed by atoms with Crippen molar-refractivity contribution in [3.8, 4) is 5.75 Å². The molecule has 7 heteroatoms. The number of hydrogen-bond acceptors (Lipinski definition) is 4. The maximum Gasteiger partial charge on any atom is 0.253 e. The maximum atomic E-state index is 12.9. The molecule has 0 atom stereocenters. The summed E-state index contributed by atoms with van der Waals surface area (Å²) in [6, 6.07) is 9.18. The third-order valence-corrected chi connectivity index (χ3v) is 5.76. The van der Waals surface area contributed by atoms with Gasteiger partial charge in [-0.1, -0.05) is 6.07 Å². The van der Waals surface area contributed by atoms with Gasteiger partial charge in [-0.3, -0.25) is 9.59 Å². The molecule has 2 aliphatic rings. The van der Waals surface area contributed by atoms with Crippen molar-refractivity contribution < 1.29 is 14.3 Å². The molecular formula is C20H24N4O3. The van der Waals surface area contributed by atoms with Crippen molar-refractivity contribution in [2.75, 3.05) is 32.1 Å². The van der Waals surface area contributed by atoms with E-state index < -0.39 is 0 Å². The minimum Gasteiger partial charge on any atom is -0.497 e. The number of amides is 2. The fraction of sp³-hybridized carbons (Fsp3) is 0.450. The minimum absolute atomic E-state index is 0.000117. The second-order valence-corrected chi connectivity index (χ2v) is 7.43. The van der Waals surface area contributed by atoms with Crippen LogP contribution >= 0.6 is 0 Å². The summed E-state index contributed by atoms with van der Waals surface area (Å²) in [5.74, 6) is 1.62. The van der Waals surface area contributed by atoms with E-state index in [4.69, 9.17) is 4.74 Å². The van der Waals surface area contributed by atoms with Crippen LogP contribution in [0.3, 0.4) is 0 Å². The molecule has 1 fully saturated rings. The van der Waals surface area contributed by atoms with Gasteiger partial charge in [0, 0.05) is 31.8 Å². The number of aryl methyl sites for hydroxylation is 1. The van der Waals surface area contributed by atoms with Crippen molar-refractivity contribution in [1.29, 1.82) is 0 Å². The Morgan fingerprint density at radius 3 is 2.67 bits per heavy atom. The number of piperidine rings is 1. The fourth-order valence-corrected chi connectivity index (χ4v) is 4.13. The molecular weight excluding hydrogens is 344 g/mol. The highest BCUT2D eigenvalue weighted by Gasteiger charge is 2.45. The van der Waals surface area contributed by atoms with E-state index in [1.807, 2.05) is 40.8 Å². The lowest BCUT2D eigenvalue weighted by Gasteiger charge is -2.46. The molecule has 2 amide bonds. The van der Waals surface area contributed by atoms with E-state index in [0.29, 0.717) is 30.8 Å². The second-order valence-electron chi connectivity index (χ2n) is 7.43. The molecule has 1 spiro atoms. The fourth-order valence-electron chi connectivity index (χ4n) is 4.13. The van der Waals surface area contributed by atoms with Gasteiger partial charge in [0.15, 0.2) is 0 Å². The molecule has 27 heavy (non-hydrogen) atoms. The van der Waals surface area contributed by atoms with E-state index in [2.05, 4.69) is 5.10 Å². The molecule has 3 heterocycles. The van der Waals surface area contributed by atoms with E-state index in [0.717, 1.165) is 24.4 Å². The molecule has 0 bridgehead atoms. The summed E-state index contributed by atoms with van der Waals surface area (Å²) in [5, 5.41) is 4.67. The van der Waals surface area contributed by atoms with Gasteiger partial charge in [0.1, 0.15) is 11.6 Å². The molecule has 0 radical (unpaired) electrons. The van der Waals surface area contributed by atoms with E-state index in [-0.39, 0.29) is 17.4 Å². The predicted molar refractivity (Wildman–Crippen MR) is 101 cm³/mol. The van der Waals surface area contributed by atoms with Gasteiger partial charge in [0.05, 0.1) is 24.8 Å². The molecule has 0 saturated carbocycles. The lowest BCUT2D eigenvalue weighted by Crippen LogP contribution is -2.54. The Morgan fingerprint density at radius 1 is 1.22 bits per heavy atom. The van der Waals surface area contributed by atoms with Gasteiger partial charge in [-0.05, 0) is 38.0 Å². The average Bonchev–Trinajstić information content (AvgIpc) is 3.09. The van der Waals surface area contributed by atoms with Crippen LogP contribution in [0.2, 0.25) is 0 Å². The number of benzene rings is 1. The van der Waals surface area contributed by atoms with Crippen LogP contribution in [0.1, 0.15) is 35.3 Å². The van der Waals surface area contributed by atoms with E-state index in [1.165, 1.54) is 0 Å². The average molecular weight is 368 g/mol. The number of aromatic nitrogens is 2. The zero-order chi connectivity index (χ0) is 19.2. The predicted octanol–water partition coefficient (Wildman–Crippen LogP) is 2.20. The van der Waals surface area contributed by atoms with Gasteiger partial charge < -0.3 is 14.5 Å². The Kier molecular flexibility index (Phi) is 4.17. The van der Waals surface area contributed by atoms with Gasteiger partial charge in [-0.15, -0.1) is 0 Å². The highest BCUT2D eigenvalue weighted by Crippen LogP contribution is 2.41. The number of nitrogens with zero attached hydrogens (tertiary/aromatic N) is 4. The first-order valence-corrected chi connectivity index (χ1v) is 9.20. The van der Waals surface area contributed by atoms with E-state index in [1.54, 1.807) is 25.1 Å². The quantitative estimate of drug-likeness (QED) is 0.815. The van der Waals surface area contributed by atoms with Gasteiger partial charge in [-0.25, -0.2) is 4.68 Å². The summed E-state index contributed by atoms with van der Waals surface area (Å²) >= 11 is 0. The number of ether oxygens (including phenoxy) is 1. The van der Waals surface area contributed by atoms with Crippen LogP contribution in [0.5, 0.6) is 5.75 Å². The van der Waals surface area contributed by atoms with Crippen molar-refractivity contribution in [3.05, 3.63) is 41.6 Å². The Labute approximate surface area is 158 Å². The molecule has 0 aliphatic carbocycles. The Balaban J connectivity index is 1.56. The minimum atomic E-state index is -0.335. The van der Waals surface area contributed by atoms with Crippen LogP contribution in [0.25, 0.3) is 0 Å². The third kappa shape index (κ3) is 2.87. The number of hydrogen-bond donors (Lipinski definition) is 0. The Morgan fingerprint density at radius 2 is 1.96 bits per heavy atom. The molecule has 0 N–H and O–H groups in total. The van der Waals surface area contributed by atoms with Crippen LogP contribution in [0.4, 0.5) is 5.82 Å². The molecule has 1 saturated heterocycles. The number of anilines is 1. The number of fused-ring (bicyclic) bond motifs is 2. The van der Waals surface area contributed by atoms with E-state index >= 15 is 0 Å². The van der Waals surface area contributed by atoms with Crippen LogP contribution in [-0.2, 0) is 10.3 Å². The second kappa shape index (κ2) is 6.40. The van der Waals surface area contributed by atoms with Crippen LogP contribution in [0, 0.1) is 6.92 Å². The van der Waals surface area contributed by atoms with Crippen molar-refractivity contribution in [2.45, 2.75) is 31.7 Å². The molecule has 7 nitrogen and oxygen atoms in total. The lowest BCUT2D eigenvalue weighted by atomic mass is 9.82. The van der Waals surface area contributed by atoms with Crippen molar-refractivity contribution in [3.63, 3.8) is 0 Å². The maximum absolute atomic E-state index is 12.9. The largest absolute Gasteiger partial charge is 0.497 e. The highest BCUT2D eigenvalue weighted by molar-refractivity contribution is 5.95. The van der Waals surface area contributed by atoms with Crippen molar-refractivity contribution in [2.24, 2.45) is 0 Å². The molecule has 0 unspecified atom stereocenters. The number of rotatable bonds is 2. The number of carbonyl (C=O) groups is 2. The van der Waals surface area contributed by atoms with Gasteiger partial charge in [-0.2, -0.15) is 5.10 Å². The number of carbonyl (C=O) groups excluding carboxylic acids is 2. The summed E-state index contributed by atoms with van der Waals surface area (Å²) in [6.07, 6.45) is 1.87. The first kappa shape index (κ1) is 17.6. The summed E-state index contributed by atoms with van der Waals surface area (Å²) in [6.45, 7) is 3.15. The highest BCUT2D eigenvalue weighted by atomic mass is 16.5. The lowest BCUT2D eigenvalue weighted by molar-refractivity contribution is -0.122. The Hall–Kier alpha value is -2.83. The van der Waals surface area contributed by atoms with Gasteiger partial charge in [0.25, 0.3) is 5.91 Å². The number of methoxy groups -OCH3 is 1. The van der Waals surface area contributed by atoms with Crippen LogP contribution in [0.15, 0.2) is 30.3 Å². The standard InChI is InChI=1S/C20H24N4O3/c1-14-11-17-22(2)18(25)13-20(24(17)21-14)7-9-23(10-8-20)19(26)15-5-4-6-16(12-15)27-3/h4-6,11-12H,7-10,13H2,1-3H3. The van der Waals surface area contributed by atoms with Crippen LogP contribution < -0.4 is 9.64 Å². The zero-order valence-corrected chi connectivity index (χ0v) is 15.9. The van der Waals surface area contributed by atoms with Crippen LogP contribution in [-0.4, -0.2) is 53.7 Å². The zero-order valence-electron chi connectivity index (χ0n) is 15.9. The molecule has 2 aliphatic heterocycles. The topological polar surface area (TPSA) is 67.7 Å². The Bertz CT molecular complexity index is 896. The van der Waals surface area contributed by atoms with E-state index in [9.17, 15) is 9.59 Å². The first-order chi connectivity index (χ1) is 12.9. The monoisotopic (exact) mass is 368 g/mol. The molecule has 1 aromatic carbocycles. The van der Waals surface area contributed by atoms with Crippen molar-refractivity contribution >= 4 is 17.6 Å². The molecule has 142 valence electrons. The smallest absolute Gasteiger partial charge is 0.253 e. The molecule has 4 rings (SSSR count). The summed E-state index contributed by atoms with van der Waals surface area (Å²) in [7, 11) is 3.39. The van der Waals surface area contributed by atoms with Crippen molar-refractivity contribution in [1.82, 2.24) is 14.7 Å². The summed E-state index contributed by atoms with van der Waals surface area (Å²) < 4.78 is 7.23. The first-order valence-electron chi connectivity index (χ1n) is 9.20. The van der Waals surface area contributed by atoms with Gasteiger partial charge >= 0.3 is 0 Å². The summed E-state index contributed by atoms with van der Waals surface area (Å²) in [5.41, 5.74) is 1.19. The number of likely N-dealkylation sites (tertiary alicyclic amines) is 1. The molecule has 1 aromatic heterocycles.